The van der Waals surface area contributed by atoms with Gasteiger partial charge in [-0.1, -0.05) is 32.4 Å². The van der Waals surface area contributed by atoms with E-state index in [0.29, 0.717) is 0 Å². The zero-order valence-electron chi connectivity index (χ0n) is 12.7. The van der Waals surface area contributed by atoms with E-state index in [4.69, 9.17) is 16.9 Å². The molecule has 1 atom stereocenters. The lowest BCUT2D eigenvalue weighted by atomic mass is 9.87. The zero-order valence-corrected chi connectivity index (χ0v) is 14.2. The second kappa shape index (κ2) is 6.65. The number of benzene rings is 1. The molecule has 0 radical (unpaired) electrons. The number of sulfonamides is 1. The first-order valence-corrected chi connectivity index (χ1v) is 8.19. The number of ether oxygens (including phenoxy) is 1. The van der Waals surface area contributed by atoms with E-state index in [1.807, 2.05) is 6.07 Å². The fourth-order valence-electron chi connectivity index (χ4n) is 1.67. The van der Waals surface area contributed by atoms with Gasteiger partial charge in [0.05, 0.1) is 22.6 Å². The molecule has 22 heavy (non-hydrogen) atoms. The van der Waals surface area contributed by atoms with Gasteiger partial charge in [-0.05, 0) is 23.6 Å². The Bertz CT molecular complexity index is 717. The first-order chi connectivity index (χ1) is 10.0. The van der Waals surface area contributed by atoms with Gasteiger partial charge in [0.1, 0.15) is 12.1 Å². The number of nitrogens with one attached hydrogen (secondary N) is 1. The van der Waals surface area contributed by atoms with E-state index in [2.05, 4.69) is 9.46 Å². The number of esters is 1. The third kappa shape index (κ3) is 4.19. The molecule has 0 aromatic heterocycles. The number of halogens is 1. The van der Waals surface area contributed by atoms with Crippen LogP contribution >= 0.6 is 11.6 Å². The van der Waals surface area contributed by atoms with Crippen molar-refractivity contribution in [3.8, 4) is 6.07 Å². The van der Waals surface area contributed by atoms with Gasteiger partial charge in [0.15, 0.2) is 0 Å². The lowest BCUT2D eigenvalue weighted by Crippen LogP contribution is -2.49. The van der Waals surface area contributed by atoms with Gasteiger partial charge < -0.3 is 4.74 Å². The van der Waals surface area contributed by atoms with E-state index < -0.39 is 27.4 Å². The third-order valence-electron chi connectivity index (χ3n) is 2.95. The molecule has 0 aliphatic rings. The van der Waals surface area contributed by atoms with Crippen LogP contribution in [0.15, 0.2) is 23.1 Å². The van der Waals surface area contributed by atoms with Crippen molar-refractivity contribution in [2.45, 2.75) is 31.7 Å². The molecule has 8 heteroatoms. The minimum Gasteiger partial charge on any atom is -0.468 e. The molecule has 0 saturated carbocycles. The Kier molecular flexibility index (Phi) is 5.57. The van der Waals surface area contributed by atoms with Crippen LogP contribution < -0.4 is 4.72 Å². The Hall–Kier alpha value is -1.62. The summed E-state index contributed by atoms with van der Waals surface area (Å²) in [5, 5.41) is 8.83. The van der Waals surface area contributed by atoms with Crippen molar-refractivity contribution in [2.24, 2.45) is 5.41 Å². The average molecular weight is 345 g/mol. The van der Waals surface area contributed by atoms with E-state index in [9.17, 15) is 13.2 Å². The number of rotatable bonds is 4. The Morgan fingerprint density at radius 1 is 1.41 bits per heavy atom. The summed E-state index contributed by atoms with van der Waals surface area (Å²) in [7, 11) is -2.80. The van der Waals surface area contributed by atoms with Gasteiger partial charge in [-0.25, -0.2) is 8.42 Å². The van der Waals surface area contributed by atoms with E-state index in [1.54, 1.807) is 20.8 Å². The number of hydrogen-bond acceptors (Lipinski definition) is 5. The SMILES string of the molecule is COC(=O)C(NS(=O)(=O)c1ccc(C#N)c(Cl)c1)C(C)(C)C. The van der Waals surface area contributed by atoms with Crippen molar-refractivity contribution in [2.75, 3.05) is 7.11 Å². The Balaban J connectivity index is 3.21. The van der Waals surface area contributed by atoms with Crippen molar-refractivity contribution < 1.29 is 17.9 Å². The first-order valence-electron chi connectivity index (χ1n) is 6.32. The highest BCUT2D eigenvalue weighted by atomic mass is 35.5. The molecule has 0 aliphatic carbocycles. The number of hydrogen-bond donors (Lipinski definition) is 1. The topological polar surface area (TPSA) is 96.3 Å². The first kappa shape index (κ1) is 18.4. The maximum atomic E-state index is 12.4. The van der Waals surface area contributed by atoms with Crippen LogP contribution in [0.25, 0.3) is 0 Å². The van der Waals surface area contributed by atoms with Gasteiger partial charge in [0.2, 0.25) is 10.0 Å². The smallest absolute Gasteiger partial charge is 0.324 e. The summed E-state index contributed by atoms with van der Waals surface area (Å²) in [5.74, 6) is -0.684. The number of methoxy groups -OCH3 is 1. The normalized spacial score (nSPS) is 13.3. The second-order valence-corrected chi connectivity index (χ2v) is 7.82. The molecule has 1 N–H and O–H groups in total. The summed E-state index contributed by atoms with van der Waals surface area (Å²) in [6.07, 6.45) is 0. The van der Waals surface area contributed by atoms with Gasteiger partial charge >= 0.3 is 5.97 Å². The lowest BCUT2D eigenvalue weighted by Gasteiger charge is -2.28. The highest BCUT2D eigenvalue weighted by Crippen LogP contribution is 2.24. The largest absolute Gasteiger partial charge is 0.468 e. The Labute approximate surface area is 135 Å². The van der Waals surface area contributed by atoms with Gasteiger partial charge in [-0.15, -0.1) is 0 Å². The quantitative estimate of drug-likeness (QED) is 0.843. The molecule has 1 aromatic rings. The molecular weight excluding hydrogens is 328 g/mol. The van der Waals surface area contributed by atoms with E-state index in [-0.39, 0.29) is 15.5 Å². The summed E-state index contributed by atoms with van der Waals surface area (Å²) >= 11 is 5.85. The van der Waals surface area contributed by atoms with Gasteiger partial charge in [0, 0.05) is 0 Å². The van der Waals surface area contributed by atoms with Crippen LogP contribution in [-0.4, -0.2) is 27.5 Å². The summed E-state index contributed by atoms with van der Waals surface area (Å²) in [4.78, 5) is 11.7. The Morgan fingerprint density at radius 3 is 2.41 bits per heavy atom. The van der Waals surface area contributed by atoms with Crippen LogP contribution in [0.4, 0.5) is 0 Å². The predicted octanol–water partition coefficient (Wildman–Crippen LogP) is 2.08. The van der Waals surface area contributed by atoms with Crippen LogP contribution in [0.3, 0.4) is 0 Å². The van der Waals surface area contributed by atoms with Crippen molar-refractivity contribution in [3.63, 3.8) is 0 Å². The molecule has 6 nitrogen and oxygen atoms in total. The molecule has 0 saturated heterocycles. The molecule has 120 valence electrons. The number of carbonyl (C=O) groups excluding carboxylic acids is 1. The summed E-state index contributed by atoms with van der Waals surface area (Å²) < 4.78 is 31.8. The minimum absolute atomic E-state index is 0.0238. The van der Waals surface area contributed by atoms with Crippen molar-refractivity contribution in [3.05, 3.63) is 28.8 Å². The fourth-order valence-corrected chi connectivity index (χ4v) is 3.38. The summed E-state index contributed by atoms with van der Waals surface area (Å²) in [6, 6.07) is 4.51. The molecule has 0 aliphatic heterocycles. The van der Waals surface area contributed by atoms with Crippen LogP contribution in [0.2, 0.25) is 5.02 Å². The highest BCUT2D eigenvalue weighted by molar-refractivity contribution is 7.89. The van der Waals surface area contributed by atoms with Crippen LogP contribution in [0, 0.1) is 16.7 Å². The molecule has 0 amide bonds. The Morgan fingerprint density at radius 2 is 2.00 bits per heavy atom. The van der Waals surface area contributed by atoms with Crippen LogP contribution in [0.1, 0.15) is 26.3 Å². The van der Waals surface area contributed by atoms with Gasteiger partial charge in [-0.3, -0.25) is 4.79 Å². The molecule has 1 aromatic carbocycles. The van der Waals surface area contributed by atoms with E-state index >= 15 is 0 Å². The molecular formula is C14H17ClN2O4S. The standard InChI is InChI=1S/C14H17ClN2O4S/c1-14(2,3)12(13(18)21-4)17-22(19,20)10-6-5-9(8-16)11(15)7-10/h5-7,12,17H,1-4H3. The highest BCUT2D eigenvalue weighted by Gasteiger charge is 2.36. The molecule has 0 spiro atoms. The van der Waals surface area contributed by atoms with Crippen LogP contribution in [0.5, 0.6) is 0 Å². The van der Waals surface area contributed by atoms with Crippen molar-refractivity contribution in [1.82, 2.24) is 4.72 Å². The van der Waals surface area contributed by atoms with Gasteiger partial charge in [-0.2, -0.15) is 9.98 Å². The second-order valence-electron chi connectivity index (χ2n) is 5.70. The van der Waals surface area contributed by atoms with Gasteiger partial charge in [0.25, 0.3) is 0 Å². The number of nitriles is 1. The fraction of sp³-hybridized carbons (Fsp3) is 0.429. The van der Waals surface area contributed by atoms with Crippen LogP contribution in [-0.2, 0) is 19.6 Å². The summed E-state index contributed by atoms with van der Waals surface area (Å²) in [5.41, 5.74) is -0.516. The van der Waals surface area contributed by atoms with E-state index in [0.717, 1.165) is 0 Å². The number of nitrogens with zero attached hydrogens (tertiary/aromatic N) is 1. The lowest BCUT2D eigenvalue weighted by molar-refractivity contribution is -0.145. The van der Waals surface area contributed by atoms with Crippen molar-refractivity contribution in [1.29, 1.82) is 5.26 Å². The predicted molar refractivity (Wildman–Crippen MR) is 81.7 cm³/mol. The molecule has 0 bridgehead atoms. The molecule has 0 fully saturated rings. The average Bonchev–Trinajstić information content (AvgIpc) is 2.42. The summed E-state index contributed by atoms with van der Waals surface area (Å²) in [6.45, 7) is 5.13. The number of carbonyl (C=O) groups is 1. The zero-order chi connectivity index (χ0) is 17.1. The molecule has 1 unspecified atom stereocenters. The van der Waals surface area contributed by atoms with Crippen molar-refractivity contribution >= 4 is 27.6 Å². The molecule has 1 rings (SSSR count). The monoisotopic (exact) mass is 344 g/mol. The molecule has 0 heterocycles. The van der Waals surface area contributed by atoms with E-state index in [1.165, 1.54) is 25.3 Å². The minimum atomic E-state index is -3.99. The maximum absolute atomic E-state index is 12.4. The maximum Gasteiger partial charge on any atom is 0.324 e. The third-order valence-corrected chi connectivity index (χ3v) is 4.68.